The minimum absolute atomic E-state index is 0.0814. The first-order valence-corrected chi connectivity index (χ1v) is 9.70. The predicted octanol–water partition coefficient (Wildman–Crippen LogP) is 3.97. The number of benzene rings is 1. The monoisotopic (exact) mass is 367 g/mol. The molecular formula is C20H21N3O2S. The zero-order chi connectivity index (χ0) is 17.8. The van der Waals surface area contributed by atoms with Crippen molar-refractivity contribution in [2.24, 2.45) is 0 Å². The number of amides is 1. The third kappa shape index (κ3) is 3.71. The summed E-state index contributed by atoms with van der Waals surface area (Å²) < 4.78 is 5.61. The van der Waals surface area contributed by atoms with E-state index in [-0.39, 0.29) is 11.9 Å². The van der Waals surface area contributed by atoms with Gasteiger partial charge in [0, 0.05) is 12.1 Å². The average molecular weight is 367 g/mol. The molecule has 1 unspecified atom stereocenters. The van der Waals surface area contributed by atoms with Crippen molar-refractivity contribution < 1.29 is 9.21 Å². The molecule has 134 valence electrons. The van der Waals surface area contributed by atoms with Gasteiger partial charge in [-0.1, -0.05) is 30.3 Å². The fourth-order valence-corrected chi connectivity index (χ4v) is 4.15. The summed E-state index contributed by atoms with van der Waals surface area (Å²) in [5.74, 6) is 0.821. The smallest absolute Gasteiger partial charge is 0.263 e. The molecule has 1 aliphatic rings. The fraction of sp³-hybridized carbons (Fsp3) is 0.300. The van der Waals surface area contributed by atoms with Gasteiger partial charge < -0.3 is 9.73 Å². The Hall–Kier alpha value is -2.44. The van der Waals surface area contributed by atoms with Crippen LogP contribution in [0, 0.1) is 0 Å². The highest BCUT2D eigenvalue weighted by Gasteiger charge is 2.26. The van der Waals surface area contributed by atoms with Crippen LogP contribution in [0.4, 0.5) is 0 Å². The number of likely N-dealkylation sites (tertiary alicyclic amines) is 1. The molecule has 4 rings (SSSR count). The van der Waals surface area contributed by atoms with Gasteiger partial charge in [0.2, 0.25) is 0 Å². The first-order valence-electron chi connectivity index (χ1n) is 8.88. The third-order valence-corrected chi connectivity index (χ3v) is 5.70. The van der Waals surface area contributed by atoms with Crippen LogP contribution in [-0.2, 0) is 0 Å². The summed E-state index contributed by atoms with van der Waals surface area (Å²) >= 11 is 1.42. The van der Waals surface area contributed by atoms with Crippen LogP contribution < -0.4 is 5.32 Å². The Morgan fingerprint density at radius 2 is 2.00 bits per heavy atom. The molecule has 0 saturated carbocycles. The summed E-state index contributed by atoms with van der Waals surface area (Å²) in [5.41, 5.74) is 1.03. The van der Waals surface area contributed by atoms with E-state index >= 15 is 0 Å². The van der Waals surface area contributed by atoms with E-state index in [1.165, 1.54) is 24.2 Å². The van der Waals surface area contributed by atoms with Crippen LogP contribution >= 0.6 is 11.3 Å². The maximum Gasteiger partial charge on any atom is 0.263 e. The van der Waals surface area contributed by atoms with Crippen LogP contribution in [0.2, 0.25) is 0 Å². The topological polar surface area (TPSA) is 58.4 Å². The lowest BCUT2D eigenvalue weighted by Gasteiger charge is -2.25. The Morgan fingerprint density at radius 1 is 1.19 bits per heavy atom. The maximum atomic E-state index is 12.6. The van der Waals surface area contributed by atoms with Crippen molar-refractivity contribution in [1.82, 2.24) is 15.2 Å². The lowest BCUT2D eigenvalue weighted by atomic mass is 10.2. The number of carbonyl (C=O) groups excluding carboxylic acids is 1. The Kier molecular flexibility index (Phi) is 5.13. The van der Waals surface area contributed by atoms with Gasteiger partial charge in [-0.15, -0.1) is 11.3 Å². The van der Waals surface area contributed by atoms with E-state index in [0.29, 0.717) is 11.4 Å². The van der Waals surface area contributed by atoms with Gasteiger partial charge in [-0.05, 0) is 38.1 Å². The van der Waals surface area contributed by atoms with Crippen LogP contribution in [0.15, 0.2) is 59.3 Å². The molecule has 1 aromatic carbocycles. The van der Waals surface area contributed by atoms with E-state index in [9.17, 15) is 4.79 Å². The second-order valence-corrected chi connectivity index (χ2v) is 7.41. The van der Waals surface area contributed by atoms with Gasteiger partial charge in [0.25, 0.3) is 5.91 Å². The van der Waals surface area contributed by atoms with E-state index < -0.39 is 0 Å². The van der Waals surface area contributed by atoms with Crippen molar-refractivity contribution in [2.75, 3.05) is 19.6 Å². The van der Waals surface area contributed by atoms with Crippen molar-refractivity contribution in [3.63, 3.8) is 0 Å². The SMILES string of the molecule is O=C(NCC(c1ccco1)N1CCCC1)c1cnc(-c2ccccc2)s1. The molecule has 1 saturated heterocycles. The normalized spacial score (nSPS) is 15.8. The van der Waals surface area contributed by atoms with Crippen molar-refractivity contribution in [1.29, 1.82) is 0 Å². The molecule has 0 spiro atoms. The van der Waals surface area contributed by atoms with Crippen LogP contribution in [-0.4, -0.2) is 35.4 Å². The van der Waals surface area contributed by atoms with Crippen molar-refractivity contribution in [3.8, 4) is 10.6 Å². The molecule has 3 aromatic rings. The minimum Gasteiger partial charge on any atom is -0.468 e. The number of aromatic nitrogens is 1. The van der Waals surface area contributed by atoms with Crippen LogP contribution in [0.5, 0.6) is 0 Å². The molecule has 1 amide bonds. The van der Waals surface area contributed by atoms with Crippen LogP contribution in [0.1, 0.15) is 34.3 Å². The predicted molar refractivity (Wildman–Crippen MR) is 102 cm³/mol. The molecule has 1 fully saturated rings. The van der Waals surface area contributed by atoms with E-state index in [1.54, 1.807) is 12.5 Å². The molecule has 5 nitrogen and oxygen atoms in total. The van der Waals surface area contributed by atoms with Gasteiger partial charge >= 0.3 is 0 Å². The number of nitrogens with zero attached hydrogens (tertiary/aromatic N) is 2. The summed E-state index contributed by atoms with van der Waals surface area (Å²) in [5, 5.41) is 3.92. The van der Waals surface area contributed by atoms with E-state index in [0.717, 1.165) is 29.4 Å². The van der Waals surface area contributed by atoms with Crippen LogP contribution in [0.3, 0.4) is 0 Å². The molecule has 1 atom stereocenters. The molecule has 0 aliphatic carbocycles. The molecule has 1 N–H and O–H groups in total. The van der Waals surface area contributed by atoms with Crippen molar-refractivity contribution in [2.45, 2.75) is 18.9 Å². The van der Waals surface area contributed by atoms with E-state index in [2.05, 4.69) is 15.2 Å². The second-order valence-electron chi connectivity index (χ2n) is 6.38. The molecule has 26 heavy (non-hydrogen) atoms. The fourth-order valence-electron chi connectivity index (χ4n) is 3.31. The third-order valence-electron chi connectivity index (χ3n) is 4.66. The second kappa shape index (κ2) is 7.85. The number of carbonyl (C=O) groups is 1. The molecule has 6 heteroatoms. The van der Waals surface area contributed by atoms with Gasteiger partial charge in [0.05, 0.1) is 18.5 Å². The highest BCUT2D eigenvalue weighted by Crippen LogP contribution is 2.26. The lowest BCUT2D eigenvalue weighted by molar-refractivity contribution is 0.0937. The Balaban J connectivity index is 1.43. The molecule has 3 heterocycles. The zero-order valence-corrected chi connectivity index (χ0v) is 15.2. The summed E-state index contributed by atoms with van der Waals surface area (Å²) in [7, 11) is 0. The molecule has 1 aliphatic heterocycles. The highest BCUT2D eigenvalue weighted by atomic mass is 32.1. The quantitative estimate of drug-likeness (QED) is 0.716. The van der Waals surface area contributed by atoms with Crippen molar-refractivity contribution >= 4 is 17.2 Å². The molecule has 0 bridgehead atoms. The summed E-state index contributed by atoms with van der Waals surface area (Å²) in [4.78, 5) is 20.0. The largest absolute Gasteiger partial charge is 0.468 e. The number of hydrogen-bond acceptors (Lipinski definition) is 5. The van der Waals surface area contributed by atoms with Crippen molar-refractivity contribution in [3.05, 3.63) is 65.6 Å². The minimum atomic E-state index is -0.0829. The molecule has 2 aromatic heterocycles. The number of furan rings is 1. The molecular weight excluding hydrogens is 346 g/mol. The number of hydrogen-bond donors (Lipinski definition) is 1. The summed E-state index contributed by atoms with van der Waals surface area (Å²) in [6.45, 7) is 2.62. The van der Waals surface area contributed by atoms with E-state index in [4.69, 9.17) is 4.42 Å². The maximum absolute atomic E-state index is 12.6. The van der Waals surface area contributed by atoms with Gasteiger partial charge in [-0.3, -0.25) is 9.69 Å². The standard InChI is InChI=1S/C20H21N3O2S/c24-19(18-14-22-20(26-18)15-7-2-1-3-8-15)21-13-16(17-9-6-12-25-17)23-10-4-5-11-23/h1-3,6-9,12,14,16H,4-5,10-11,13H2,(H,21,24). The Labute approximate surface area is 156 Å². The summed E-state index contributed by atoms with van der Waals surface area (Å²) in [6, 6.07) is 13.9. The number of rotatable bonds is 6. The van der Waals surface area contributed by atoms with Crippen LogP contribution in [0.25, 0.3) is 10.6 Å². The van der Waals surface area contributed by atoms with Gasteiger partial charge in [0.15, 0.2) is 0 Å². The Morgan fingerprint density at radius 3 is 2.73 bits per heavy atom. The zero-order valence-electron chi connectivity index (χ0n) is 14.4. The Bertz CT molecular complexity index is 839. The van der Waals surface area contributed by atoms with Gasteiger partial charge in [0.1, 0.15) is 15.6 Å². The van der Waals surface area contributed by atoms with Gasteiger partial charge in [-0.25, -0.2) is 4.98 Å². The molecule has 0 radical (unpaired) electrons. The number of nitrogens with one attached hydrogen (secondary N) is 1. The number of thiazole rings is 1. The lowest BCUT2D eigenvalue weighted by Crippen LogP contribution is -2.36. The van der Waals surface area contributed by atoms with E-state index in [1.807, 2.05) is 42.5 Å². The first-order chi connectivity index (χ1) is 12.8. The average Bonchev–Trinajstić information content (AvgIpc) is 3.44. The first kappa shape index (κ1) is 17.0. The summed E-state index contributed by atoms with van der Waals surface area (Å²) in [6.07, 6.45) is 5.73. The highest BCUT2D eigenvalue weighted by molar-refractivity contribution is 7.16. The van der Waals surface area contributed by atoms with Gasteiger partial charge in [-0.2, -0.15) is 0 Å².